The molecule has 2 saturated heterocycles. The van der Waals surface area contributed by atoms with Gasteiger partial charge in [0.2, 0.25) is 0 Å². The van der Waals surface area contributed by atoms with Crippen LogP contribution in [0, 0.1) is 5.92 Å². The fourth-order valence-corrected chi connectivity index (χ4v) is 3.98. The summed E-state index contributed by atoms with van der Waals surface area (Å²) in [5.41, 5.74) is 2.47. The quantitative estimate of drug-likeness (QED) is 0.831. The maximum absolute atomic E-state index is 12.5. The van der Waals surface area contributed by atoms with Crippen LogP contribution in [0.1, 0.15) is 31.7 Å². The molecule has 2 aliphatic heterocycles. The number of carbonyl (C=O) groups is 1. The van der Waals surface area contributed by atoms with Gasteiger partial charge in [0.25, 0.3) is 0 Å². The fourth-order valence-electron chi connectivity index (χ4n) is 3.98. The van der Waals surface area contributed by atoms with Crippen molar-refractivity contribution in [3.8, 4) is 0 Å². The van der Waals surface area contributed by atoms with E-state index in [9.17, 15) is 4.79 Å². The number of rotatable bonds is 5. The molecule has 0 aliphatic carbocycles. The number of amides is 2. The molecule has 3 rings (SSSR count). The molecule has 2 fully saturated rings. The second-order valence-corrected chi connectivity index (χ2v) is 7.78. The van der Waals surface area contributed by atoms with Crippen LogP contribution in [0.25, 0.3) is 0 Å². The summed E-state index contributed by atoms with van der Waals surface area (Å²) in [6.07, 6.45) is 8.16. The number of nitrogens with one attached hydrogen (secondary N) is 1. The molecule has 6 nitrogen and oxygen atoms in total. The van der Waals surface area contributed by atoms with E-state index in [2.05, 4.69) is 35.0 Å². The zero-order chi connectivity index (χ0) is 17.8. The topological polar surface area (TPSA) is 53.4 Å². The van der Waals surface area contributed by atoms with Crippen molar-refractivity contribution in [2.24, 2.45) is 13.0 Å². The number of aromatic nitrogens is 2. The number of urea groups is 1. The van der Waals surface area contributed by atoms with Gasteiger partial charge in [0.1, 0.15) is 0 Å². The number of carbonyl (C=O) groups excluding carboxylic acids is 1. The van der Waals surface area contributed by atoms with Crippen LogP contribution >= 0.6 is 0 Å². The van der Waals surface area contributed by atoms with Crippen molar-refractivity contribution in [3.63, 3.8) is 0 Å². The van der Waals surface area contributed by atoms with Crippen molar-refractivity contribution in [3.05, 3.63) is 30.1 Å². The Morgan fingerprint density at radius 3 is 2.72 bits per heavy atom. The zero-order valence-corrected chi connectivity index (χ0v) is 15.6. The molecule has 138 valence electrons. The molecule has 1 N–H and O–H groups in total. The van der Waals surface area contributed by atoms with Gasteiger partial charge >= 0.3 is 6.03 Å². The predicted molar refractivity (Wildman–Crippen MR) is 99.4 cm³/mol. The van der Waals surface area contributed by atoms with Crippen LogP contribution in [0.5, 0.6) is 0 Å². The lowest BCUT2D eigenvalue weighted by Crippen LogP contribution is -2.48. The molecule has 6 heteroatoms. The number of aryl methyl sites for hydroxylation is 1. The summed E-state index contributed by atoms with van der Waals surface area (Å²) in [5, 5.41) is 7.47. The molecule has 3 heterocycles. The van der Waals surface area contributed by atoms with E-state index in [4.69, 9.17) is 0 Å². The minimum Gasteiger partial charge on any atom is -0.335 e. The Balaban J connectivity index is 1.40. The van der Waals surface area contributed by atoms with Crippen molar-refractivity contribution >= 4 is 6.03 Å². The van der Waals surface area contributed by atoms with E-state index >= 15 is 0 Å². The van der Waals surface area contributed by atoms with Crippen LogP contribution in [0.3, 0.4) is 0 Å². The Bertz CT molecular complexity index is 603. The number of piperidine rings is 1. The lowest BCUT2D eigenvalue weighted by Gasteiger charge is -2.33. The van der Waals surface area contributed by atoms with E-state index in [1.165, 1.54) is 11.1 Å². The molecule has 0 spiro atoms. The minimum atomic E-state index is 0.118. The van der Waals surface area contributed by atoms with E-state index in [0.29, 0.717) is 12.0 Å². The van der Waals surface area contributed by atoms with Crippen LogP contribution in [0.2, 0.25) is 0 Å². The van der Waals surface area contributed by atoms with Gasteiger partial charge in [-0.3, -0.25) is 9.58 Å². The van der Waals surface area contributed by atoms with E-state index < -0.39 is 0 Å². The third-order valence-electron chi connectivity index (χ3n) is 5.26. The molecule has 1 aromatic rings. The summed E-state index contributed by atoms with van der Waals surface area (Å²) >= 11 is 0. The molecule has 2 amide bonds. The number of likely N-dealkylation sites (tertiary alicyclic amines) is 2. The maximum atomic E-state index is 12.5. The third-order valence-corrected chi connectivity index (χ3v) is 5.26. The van der Waals surface area contributed by atoms with Gasteiger partial charge in [-0.15, -0.1) is 0 Å². The molecule has 2 aliphatic rings. The van der Waals surface area contributed by atoms with Crippen LogP contribution in [-0.4, -0.2) is 64.4 Å². The standard InChI is InChI=1S/C19H31N5O/c1-15(2)12-23-7-5-18(6-8-23)21-19(25)24-9-4-16(14-24)10-17-11-20-22(3)13-17/h11,13,16,18H,1,4-10,12,14H2,2-3H3,(H,21,25)/t16-/m0/s1. The highest BCUT2D eigenvalue weighted by atomic mass is 16.2. The highest BCUT2D eigenvalue weighted by Gasteiger charge is 2.28. The normalized spacial score (nSPS) is 22.3. The van der Waals surface area contributed by atoms with Crippen LogP contribution in [0.15, 0.2) is 24.5 Å². The highest BCUT2D eigenvalue weighted by Crippen LogP contribution is 2.21. The second kappa shape index (κ2) is 8.04. The van der Waals surface area contributed by atoms with Crippen molar-refractivity contribution in [1.82, 2.24) is 24.9 Å². The van der Waals surface area contributed by atoms with E-state index in [-0.39, 0.29) is 6.03 Å². The van der Waals surface area contributed by atoms with Crippen LogP contribution < -0.4 is 5.32 Å². The van der Waals surface area contributed by atoms with Gasteiger partial charge < -0.3 is 10.2 Å². The number of hydrogen-bond donors (Lipinski definition) is 1. The lowest BCUT2D eigenvalue weighted by molar-refractivity contribution is 0.182. The van der Waals surface area contributed by atoms with Gasteiger partial charge in [0.05, 0.1) is 6.20 Å². The Morgan fingerprint density at radius 1 is 1.32 bits per heavy atom. The summed E-state index contributed by atoms with van der Waals surface area (Å²) in [6.45, 7) is 10.8. The molecule has 0 bridgehead atoms. The largest absolute Gasteiger partial charge is 0.335 e. The van der Waals surface area contributed by atoms with Crippen molar-refractivity contribution < 1.29 is 4.79 Å². The van der Waals surface area contributed by atoms with Crippen LogP contribution in [-0.2, 0) is 13.5 Å². The molecule has 0 aromatic carbocycles. The third kappa shape index (κ3) is 5.08. The monoisotopic (exact) mass is 345 g/mol. The molecule has 0 saturated carbocycles. The average molecular weight is 345 g/mol. The Morgan fingerprint density at radius 2 is 2.08 bits per heavy atom. The molecular formula is C19H31N5O. The summed E-state index contributed by atoms with van der Waals surface area (Å²) in [4.78, 5) is 17.0. The molecule has 25 heavy (non-hydrogen) atoms. The van der Waals surface area contributed by atoms with E-state index in [1.807, 2.05) is 22.8 Å². The summed E-state index contributed by atoms with van der Waals surface area (Å²) in [7, 11) is 1.94. The number of nitrogens with zero attached hydrogens (tertiary/aromatic N) is 4. The lowest BCUT2D eigenvalue weighted by atomic mass is 10.0. The predicted octanol–water partition coefficient (Wildman–Crippen LogP) is 2.03. The summed E-state index contributed by atoms with van der Waals surface area (Å²) in [5.74, 6) is 0.548. The van der Waals surface area contributed by atoms with Crippen LogP contribution in [0.4, 0.5) is 4.79 Å². The van der Waals surface area contributed by atoms with Crippen molar-refractivity contribution in [1.29, 1.82) is 0 Å². The van der Waals surface area contributed by atoms with Crippen molar-refractivity contribution in [2.75, 3.05) is 32.7 Å². The van der Waals surface area contributed by atoms with Gasteiger partial charge in [-0.05, 0) is 44.1 Å². The molecule has 1 aromatic heterocycles. The van der Waals surface area contributed by atoms with Gasteiger partial charge in [-0.1, -0.05) is 12.2 Å². The molecule has 1 atom stereocenters. The molecule has 0 radical (unpaired) electrons. The molecular weight excluding hydrogens is 314 g/mol. The maximum Gasteiger partial charge on any atom is 0.317 e. The minimum absolute atomic E-state index is 0.118. The Labute approximate surface area is 150 Å². The van der Waals surface area contributed by atoms with Gasteiger partial charge in [-0.25, -0.2) is 4.79 Å². The number of hydrogen-bond acceptors (Lipinski definition) is 3. The van der Waals surface area contributed by atoms with Gasteiger partial charge in [-0.2, -0.15) is 5.10 Å². The summed E-state index contributed by atoms with van der Waals surface area (Å²) in [6, 6.07) is 0.429. The second-order valence-electron chi connectivity index (χ2n) is 7.78. The Hall–Kier alpha value is -1.82. The first-order valence-corrected chi connectivity index (χ1v) is 9.39. The SMILES string of the molecule is C=C(C)CN1CCC(NC(=O)N2CC[C@@H](Cc3cnn(C)c3)C2)CC1. The van der Waals surface area contributed by atoms with E-state index in [1.54, 1.807) is 0 Å². The summed E-state index contributed by atoms with van der Waals surface area (Å²) < 4.78 is 1.84. The Kier molecular flexibility index (Phi) is 5.78. The van der Waals surface area contributed by atoms with Gasteiger partial charge in [0.15, 0.2) is 0 Å². The smallest absolute Gasteiger partial charge is 0.317 e. The fraction of sp³-hybridized carbons (Fsp3) is 0.684. The molecule has 0 unspecified atom stereocenters. The van der Waals surface area contributed by atoms with E-state index in [0.717, 1.165) is 58.4 Å². The van der Waals surface area contributed by atoms with Crippen molar-refractivity contribution in [2.45, 2.75) is 38.6 Å². The van der Waals surface area contributed by atoms with Gasteiger partial charge in [0, 0.05) is 52.0 Å². The first kappa shape index (κ1) is 18.0. The highest BCUT2D eigenvalue weighted by molar-refractivity contribution is 5.74. The first-order chi connectivity index (χ1) is 12.0. The average Bonchev–Trinajstić information content (AvgIpc) is 3.18. The zero-order valence-electron chi connectivity index (χ0n) is 15.6. The first-order valence-electron chi connectivity index (χ1n) is 9.39.